The molecule has 0 amide bonds. The molecule has 0 spiro atoms. The molecule has 2 aromatic rings. The normalized spacial score (nSPS) is 22.2. The Kier molecular flexibility index (Phi) is 4.51. The van der Waals surface area contributed by atoms with E-state index in [0.29, 0.717) is 17.1 Å². The quantitative estimate of drug-likeness (QED) is 0.811. The maximum atomic E-state index is 12.3. The Morgan fingerprint density at radius 2 is 1.96 bits per heavy atom. The lowest BCUT2D eigenvalue weighted by Gasteiger charge is -2.37. The first-order chi connectivity index (χ1) is 11.5. The number of benzene rings is 2. The summed E-state index contributed by atoms with van der Waals surface area (Å²) in [4.78, 5) is 12.3. The van der Waals surface area contributed by atoms with Gasteiger partial charge in [-0.05, 0) is 29.8 Å². The smallest absolute Gasteiger partial charge is 0.342 e. The molecule has 24 heavy (non-hydrogen) atoms. The van der Waals surface area contributed by atoms with E-state index in [4.69, 9.17) is 14.2 Å². The molecule has 2 atom stereocenters. The van der Waals surface area contributed by atoms with Crippen molar-refractivity contribution >= 4 is 21.9 Å². The Hall–Kier alpha value is -2.05. The number of hydrogen-bond acceptors (Lipinski definition) is 5. The van der Waals surface area contributed by atoms with Crippen LogP contribution in [0.3, 0.4) is 0 Å². The van der Waals surface area contributed by atoms with Crippen LogP contribution in [0, 0.1) is 0 Å². The van der Waals surface area contributed by atoms with E-state index in [9.17, 15) is 9.90 Å². The van der Waals surface area contributed by atoms with Gasteiger partial charge < -0.3 is 19.3 Å². The molecule has 1 N–H and O–H groups in total. The number of carbonyl (C=O) groups excluding carboxylic acids is 1. The van der Waals surface area contributed by atoms with Gasteiger partial charge in [0.2, 0.25) is 0 Å². The third kappa shape index (κ3) is 2.87. The molecule has 0 radical (unpaired) electrons. The lowest BCUT2D eigenvalue weighted by atomic mass is 9.83. The molecular weight excluding hydrogens is 376 g/mol. The average Bonchev–Trinajstić information content (AvgIpc) is 2.60. The molecule has 0 fully saturated rings. The molecular formula is C18H17BrO5. The number of halogens is 1. The van der Waals surface area contributed by atoms with Crippen LogP contribution in [0.25, 0.3) is 0 Å². The second-order valence-electron chi connectivity index (χ2n) is 5.58. The molecule has 0 saturated carbocycles. The van der Waals surface area contributed by atoms with Crippen molar-refractivity contribution in [3.63, 3.8) is 0 Å². The summed E-state index contributed by atoms with van der Waals surface area (Å²) >= 11 is 3.39. The molecule has 126 valence electrons. The highest BCUT2D eigenvalue weighted by atomic mass is 79.9. The molecule has 5 nitrogen and oxygen atoms in total. The van der Waals surface area contributed by atoms with Gasteiger partial charge in [0.1, 0.15) is 17.6 Å². The van der Waals surface area contributed by atoms with Crippen LogP contribution in [-0.4, -0.2) is 25.3 Å². The number of hydrogen-bond donors (Lipinski definition) is 1. The maximum Gasteiger partial charge on any atom is 0.342 e. The van der Waals surface area contributed by atoms with Gasteiger partial charge in [-0.3, -0.25) is 0 Å². The monoisotopic (exact) mass is 392 g/mol. The minimum Gasteiger partial charge on any atom is -0.497 e. The van der Waals surface area contributed by atoms with Gasteiger partial charge in [0.05, 0.1) is 14.2 Å². The summed E-state index contributed by atoms with van der Waals surface area (Å²) in [7, 11) is 2.80. The van der Waals surface area contributed by atoms with Crippen molar-refractivity contribution in [3.8, 4) is 11.5 Å². The molecule has 1 aliphatic rings. The van der Waals surface area contributed by atoms with Gasteiger partial charge in [0, 0.05) is 22.5 Å². The Morgan fingerprint density at radius 3 is 2.58 bits per heavy atom. The highest BCUT2D eigenvalue weighted by molar-refractivity contribution is 9.10. The molecule has 0 saturated heterocycles. The first-order valence-electron chi connectivity index (χ1n) is 7.39. The van der Waals surface area contributed by atoms with Gasteiger partial charge in [-0.25, -0.2) is 4.79 Å². The van der Waals surface area contributed by atoms with Gasteiger partial charge >= 0.3 is 5.97 Å². The van der Waals surface area contributed by atoms with E-state index in [0.717, 1.165) is 10.0 Å². The number of rotatable bonds is 3. The highest BCUT2D eigenvalue weighted by Gasteiger charge is 2.47. The van der Waals surface area contributed by atoms with Gasteiger partial charge in [0.25, 0.3) is 0 Å². The zero-order chi connectivity index (χ0) is 17.3. The molecule has 1 heterocycles. The summed E-state index contributed by atoms with van der Waals surface area (Å²) in [6, 6.07) is 12.5. The largest absolute Gasteiger partial charge is 0.497 e. The highest BCUT2D eigenvalue weighted by Crippen LogP contribution is 2.46. The number of aliphatic hydroxyl groups is 1. The lowest BCUT2D eigenvalue weighted by Crippen LogP contribution is -2.42. The van der Waals surface area contributed by atoms with Gasteiger partial charge in [-0.1, -0.05) is 28.1 Å². The van der Waals surface area contributed by atoms with Crippen molar-refractivity contribution in [1.82, 2.24) is 0 Å². The van der Waals surface area contributed by atoms with E-state index >= 15 is 0 Å². The first-order valence-corrected chi connectivity index (χ1v) is 8.18. The van der Waals surface area contributed by atoms with Crippen LogP contribution in [0.1, 0.15) is 23.7 Å². The number of ether oxygens (including phenoxy) is 3. The minimum absolute atomic E-state index is 0.0701. The van der Waals surface area contributed by atoms with Crippen molar-refractivity contribution in [2.24, 2.45) is 0 Å². The maximum absolute atomic E-state index is 12.3. The van der Waals surface area contributed by atoms with Crippen LogP contribution < -0.4 is 9.47 Å². The fourth-order valence-corrected chi connectivity index (χ4v) is 3.13. The molecule has 0 aliphatic carbocycles. The van der Waals surface area contributed by atoms with Crippen molar-refractivity contribution in [3.05, 3.63) is 58.1 Å². The first kappa shape index (κ1) is 16.8. The van der Waals surface area contributed by atoms with Crippen LogP contribution in [0.15, 0.2) is 46.9 Å². The van der Waals surface area contributed by atoms with Crippen LogP contribution in [-0.2, 0) is 15.1 Å². The molecule has 0 aromatic heterocycles. The van der Waals surface area contributed by atoms with Crippen LogP contribution >= 0.6 is 15.9 Å². The van der Waals surface area contributed by atoms with E-state index in [2.05, 4.69) is 15.9 Å². The minimum atomic E-state index is -1.77. The molecule has 3 rings (SSSR count). The topological polar surface area (TPSA) is 65.0 Å². The summed E-state index contributed by atoms with van der Waals surface area (Å²) < 4.78 is 17.0. The van der Waals surface area contributed by atoms with E-state index < -0.39 is 17.7 Å². The van der Waals surface area contributed by atoms with E-state index in [1.165, 1.54) is 7.11 Å². The summed E-state index contributed by atoms with van der Waals surface area (Å²) in [6.45, 7) is 0. The fourth-order valence-electron chi connectivity index (χ4n) is 2.87. The molecule has 0 bridgehead atoms. The van der Waals surface area contributed by atoms with E-state index in [1.54, 1.807) is 25.3 Å². The molecule has 1 aliphatic heterocycles. The average molecular weight is 393 g/mol. The predicted octanol–water partition coefficient (Wildman–Crippen LogP) is 3.34. The fraction of sp³-hybridized carbons (Fsp3) is 0.278. The van der Waals surface area contributed by atoms with Crippen LogP contribution in [0.5, 0.6) is 11.5 Å². The number of fused-ring (bicyclic) bond motifs is 1. The summed E-state index contributed by atoms with van der Waals surface area (Å²) in [6.07, 6.45) is -0.414. The Labute approximate surface area is 148 Å². The van der Waals surface area contributed by atoms with Gasteiger partial charge in [0.15, 0.2) is 5.60 Å². The molecule has 2 aromatic carbocycles. The zero-order valence-corrected chi connectivity index (χ0v) is 14.9. The van der Waals surface area contributed by atoms with Crippen molar-refractivity contribution in [2.45, 2.75) is 18.1 Å². The standard InChI is InChI=1S/C18H17BrO5/c1-22-13-7-8-14-15(9-13)24-16(10-18(14,21)17(20)23-2)11-3-5-12(19)6-4-11/h3-9,16,21H,10H2,1-2H3/t16-,18+/m0/s1. The predicted molar refractivity (Wildman–Crippen MR) is 91.0 cm³/mol. The summed E-state index contributed by atoms with van der Waals surface area (Å²) in [5.41, 5.74) is -0.538. The van der Waals surface area contributed by atoms with Crippen LogP contribution in [0.2, 0.25) is 0 Å². The second kappa shape index (κ2) is 6.45. The van der Waals surface area contributed by atoms with Gasteiger partial charge in [-0.2, -0.15) is 0 Å². The summed E-state index contributed by atoms with van der Waals surface area (Å²) in [5, 5.41) is 11.0. The number of esters is 1. The second-order valence-corrected chi connectivity index (χ2v) is 6.49. The SMILES string of the molecule is COC(=O)[C@@]1(O)C[C@@H](c2ccc(Br)cc2)Oc2cc(OC)ccc21. The Balaban J connectivity index is 2.08. The van der Waals surface area contributed by atoms with Gasteiger partial charge in [-0.15, -0.1) is 0 Å². The molecule has 6 heteroatoms. The Morgan fingerprint density at radius 1 is 1.25 bits per heavy atom. The third-order valence-corrected chi connectivity index (χ3v) is 4.68. The van der Waals surface area contributed by atoms with E-state index in [1.807, 2.05) is 24.3 Å². The van der Waals surface area contributed by atoms with Crippen molar-refractivity contribution < 1.29 is 24.1 Å². The van der Waals surface area contributed by atoms with Crippen molar-refractivity contribution in [2.75, 3.05) is 14.2 Å². The van der Waals surface area contributed by atoms with E-state index in [-0.39, 0.29) is 6.42 Å². The number of methoxy groups -OCH3 is 2. The third-order valence-electron chi connectivity index (χ3n) is 4.15. The van der Waals surface area contributed by atoms with Crippen LogP contribution in [0.4, 0.5) is 0 Å². The number of carbonyl (C=O) groups is 1. The Bertz CT molecular complexity index is 759. The van der Waals surface area contributed by atoms with Crippen molar-refractivity contribution in [1.29, 1.82) is 0 Å². The lowest BCUT2D eigenvalue weighted by molar-refractivity contribution is -0.169. The summed E-state index contributed by atoms with van der Waals surface area (Å²) in [5.74, 6) is 0.276. The molecule has 0 unspecified atom stereocenters. The zero-order valence-electron chi connectivity index (χ0n) is 13.3.